The van der Waals surface area contributed by atoms with Crippen LogP contribution in [0, 0.1) is 6.92 Å². The minimum atomic E-state index is -0.518. The van der Waals surface area contributed by atoms with E-state index >= 15 is 0 Å². The average Bonchev–Trinajstić information content (AvgIpc) is 3.16. The molecule has 2 heterocycles. The quantitative estimate of drug-likeness (QED) is 0.751. The van der Waals surface area contributed by atoms with Gasteiger partial charge >= 0.3 is 6.09 Å². The third kappa shape index (κ3) is 3.63. The summed E-state index contributed by atoms with van der Waals surface area (Å²) in [6, 6.07) is 9.07. The van der Waals surface area contributed by atoms with Crippen molar-refractivity contribution in [3.63, 3.8) is 0 Å². The second-order valence-corrected chi connectivity index (χ2v) is 6.57. The van der Waals surface area contributed by atoms with Gasteiger partial charge in [-0.3, -0.25) is 14.8 Å². The van der Waals surface area contributed by atoms with Crippen LogP contribution in [0.5, 0.6) is 0 Å². The summed E-state index contributed by atoms with van der Waals surface area (Å²) in [6.45, 7) is 2.34. The Balaban J connectivity index is 1.63. The zero-order chi connectivity index (χ0) is 18.0. The number of nitrogens with one attached hydrogen (secondary N) is 2. The number of hydrogen-bond acceptors (Lipinski definition) is 5. The molecular formula is C17H18N4O3S. The molecule has 0 saturated heterocycles. The summed E-state index contributed by atoms with van der Waals surface area (Å²) in [6.07, 6.45) is -0.518. The first-order valence-electron chi connectivity index (χ1n) is 7.63. The van der Waals surface area contributed by atoms with Crippen LogP contribution >= 0.6 is 11.3 Å². The second-order valence-electron chi connectivity index (χ2n) is 5.53. The lowest BCUT2D eigenvalue weighted by Gasteiger charge is -2.06. The van der Waals surface area contributed by atoms with E-state index in [1.54, 1.807) is 16.8 Å². The molecule has 0 fully saturated rings. The molecule has 0 atom stereocenters. The first-order chi connectivity index (χ1) is 12.0. The van der Waals surface area contributed by atoms with E-state index in [-0.39, 0.29) is 5.91 Å². The first kappa shape index (κ1) is 17.0. The Kier molecular flexibility index (Phi) is 4.71. The number of amides is 2. The maximum Gasteiger partial charge on any atom is 0.411 e. The molecule has 0 spiro atoms. The molecule has 3 aromatic rings. The van der Waals surface area contributed by atoms with Crippen LogP contribution in [-0.4, -0.2) is 28.9 Å². The number of fused-ring (bicyclic) bond motifs is 1. The molecule has 3 rings (SSSR count). The lowest BCUT2D eigenvalue weighted by molar-refractivity contribution is 0.0955. The Labute approximate surface area is 148 Å². The predicted octanol–water partition coefficient (Wildman–Crippen LogP) is 3.05. The molecule has 2 N–H and O–H groups in total. The summed E-state index contributed by atoms with van der Waals surface area (Å²) in [4.78, 5) is 25.1. The second kappa shape index (κ2) is 6.94. The van der Waals surface area contributed by atoms with Gasteiger partial charge in [-0.15, -0.1) is 11.3 Å². The van der Waals surface area contributed by atoms with Gasteiger partial charge < -0.3 is 10.1 Å². The van der Waals surface area contributed by atoms with Gasteiger partial charge in [-0.1, -0.05) is 12.1 Å². The molecule has 0 unspecified atom stereocenters. The van der Waals surface area contributed by atoms with Crippen molar-refractivity contribution in [2.45, 2.75) is 13.5 Å². The zero-order valence-corrected chi connectivity index (χ0v) is 14.9. The Morgan fingerprint density at radius 3 is 2.64 bits per heavy atom. The van der Waals surface area contributed by atoms with Gasteiger partial charge in [0.2, 0.25) is 0 Å². The molecule has 8 heteroatoms. The number of anilines is 1. The number of aryl methyl sites for hydroxylation is 2. The molecule has 2 aromatic heterocycles. The summed E-state index contributed by atoms with van der Waals surface area (Å²) in [5.74, 6) is -0.114. The van der Waals surface area contributed by atoms with Crippen LogP contribution < -0.4 is 10.6 Å². The molecule has 0 radical (unpaired) electrons. The number of methoxy groups -OCH3 is 1. The van der Waals surface area contributed by atoms with Gasteiger partial charge in [-0.25, -0.2) is 4.79 Å². The molecular weight excluding hydrogens is 340 g/mol. The zero-order valence-electron chi connectivity index (χ0n) is 14.1. The van der Waals surface area contributed by atoms with Gasteiger partial charge in [0.25, 0.3) is 5.91 Å². The maximum atomic E-state index is 12.4. The highest BCUT2D eigenvalue weighted by molar-refractivity contribution is 7.20. The van der Waals surface area contributed by atoms with Crippen molar-refractivity contribution in [3.05, 3.63) is 46.5 Å². The maximum absolute atomic E-state index is 12.4. The van der Waals surface area contributed by atoms with Crippen molar-refractivity contribution < 1.29 is 14.3 Å². The van der Waals surface area contributed by atoms with E-state index in [1.165, 1.54) is 18.4 Å². The van der Waals surface area contributed by atoms with E-state index in [0.29, 0.717) is 17.1 Å². The van der Waals surface area contributed by atoms with E-state index in [4.69, 9.17) is 0 Å². The molecule has 2 amide bonds. The van der Waals surface area contributed by atoms with Crippen LogP contribution in [0.4, 0.5) is 10.5 Å². The molecule has 0 saturated carbocycles. The normalized spacial score (nSPS) is 10.7. The van der Waals surface area contributed by atoms with Crippen molar-refractivity contribution in [2.24, 2.45) is 7.05 Å². The van der Waals surface area contributed by atoms with Gasteiger partial charge in [0.1, 0.15) is 4.83 Å². The first-order valence-corrected chi connectivity index (χ1v) is 8.45. The number of carbonyl (C=O) groups is 2. The number of carbonyl (C=O) groups excluding carboxylic acids is 2. The fourth-order valence-corrected chi connectivity index (χ4v) is 3.50. The fourth-order valence-electron chi connectivity index (χ4n) is 2.46. The number of aromatic nitrogens is 2. The van der Waals surface area contributed by atoms with Crippen LogP contribution in [0.25, 0.3) is 10.2 Å². The Morgan fingerprint density at radius 1 is 1.28 bits per heavy atom. The molecule has 0 bridgehead atoms. The van der Waals surface area contributed by atoms with Crippen molar-refractivity contribution >= 4 is 39.2 Å². The molecule has 25 heavy (non-hydrogen) atoms. The smallest absolute Gasteiger partial charge is 0.411 e. The predicted molar refractivity (Wildman–Crippen MR) is 97.0 cm³/mol. The van der Waals surface area contributed by atoms with Gasteiger partial charge in [-0.05, 0) is 30.7 Å². The number of nitrogens with zero attached hydrogens (tertiary/aromatic N) is 2. The molecule has 0 aliphatic rings. The third-order valence-corrected chi connectivity index (χ3v) is 4.96. The lowest BCUT2D eigenvalue weighted by atomic mass is 10.2. The van der Waals surface area contributed by atoms with Crippen molar-refractivity contribution in [1.29, 1.82) is 0 Å². The summed E-state index contributed by atoms with van der Waals surface area (Å²) in [7, 11) is 3.18. The van der Waals surface area contributed by atoms with Gasteiger partial charge in [0.05, 0.1) is 17.7 Å². The third-order valence-electron chi connectivity index (χ3n) is 3.76. The topological polar surface area (TPSA) is 85.2 Å². The number of hydrogen-bond donors (Lipinski definition) is 2. The van der Waals surface area contributed by atoms with E-state index in [1.807, 2.05) is 32.2 Å². The Morgan fingerprint density at radius 2 is 2.00 bits per heavy atom. The SMILES string of the molecule is COC(=O)Nc1ccc(CNC(=O)c2cc3c(C)nn(C)c3s2)cc1. The van der Waals surface area contributed by atoms with Crippen LogP contribution in [0.15, 0.2) is 30.3 Å². The molecule has 0 aliphatic heterocycles. The largest absolute Gasteiger partial charge is 0.453 e. The molecule has 0 aliphatic carbocycles. The monoisotopic (exact) mass is 358 g/mol. The van der Waals surface area contributed by atoms with Crippen molar-refractivity contribution in [1.82, 2.24) is 15.1 Å². The average molecular weight is 358 g/mol. The summed E-state index contributed by atoms with van der Waals surface area (Å²) in [5.41, 5.74) is 2.48. The van der Waals surface area contributed by atoms with Gasteiger partial charge in [0, 0.05) is 24.7 Å². The molecule has 7 nitrogen and oxygen atoms in total. The lowest BCUT2D eigenvalue weighted by Crippen LogP contribution is -2.21. The highest BCUT2D eigenvalue weighted by atomic mass is 32.1. The molecule has 130 valence electrons. The Hall–Kier alpha value is -2.87. The van der Waals surface area contributed by atoms with Crippen LogP contribution in [0.1, 0.15) is 20.9 Å². The minimum Gasteiger partial charge on any atom is -0.453 e. The van der Waals surface area contributed by atoms with E-state index in [2.05, 4.69) is 20.5 Å². The number of rotatable bonds is 4. The van der Waals surface area contributed by atoms with E-state index in [0.717, 1.165) is 21.5 Å². The fraction of sp³-hybridized carbons (Fsp3) is 0.235. The number of benzene rings is 1. The summed E-state index contributed by atoms with van der Waals surface area (Å²) in [5, 5.41) is 10.8. The standard InChI is InChI=1S/C17H18N4O3S/c1-10-13-8-14(25-16(13)21(2)20-10)15(22)18-9-11-4-6-12(7-5-11)19-17(23)24-3/h4-8H,9H2,1-3H3,(H,18,22)(H,19,23). The Bertz CT molecular complexity index is 893. The summed E-state index contributed by atoms with van der Waals surface area (Å²) < 4.78 is 6.33. The van der Waals surface area contributed by atoms with Gasteiger partial charge in [0.15, 0.2) is 0 Å². The number of thiophene rings is 1. The van der Waals surface area contributed by atoms with Crippen LogP contribution in [-0.2, 0) is 18.3 Å². The molecule has 1 aromatic carbocycles. The summed E-state index contributed by atoms with van der Waals surface area (Å²) >= 11 is 1.43. The minimum absolute atomic E-state index is 0.114. The van der Waals surface area contributed by atoms with Crippen molar-refractivity contribution in [2.75, 3.05) is 12.4 Å². The van der Waals surface area contributed by atoms with E-state index < -0.39 is 6.09 Å². The number of ether oxygens (including phenoxy) is 1. The van der Waals surface area contributed by atoms with Crippen LogP contribution in [0.3, 0.4) is 0 Å². The van der Waals surface area contributed by atoms with Gasteiger partial charge in [-0.2, -0.15) is 5.10 Å². The van der Waals surface area contributed by atoms with Crippen LogP contribution in [0.2, 0.25) is 0 Å². The highest BCUT2D eigenvalue weighted by Crippen LogP contribution is 2.27. The van der Waals surface area contributed by atoms with E-state index in [9.17, 15) is 9.59 Å². The van der Waals surface area contributed by atoms with Crippen molar-refractivity contribution in [3.8, 4) is 0 Å². The highest BCUT2D eigenvalue weighted by Gasteiger charge is 2.14.